The van der Waals surface area contributed by atoms with Gasteiger partial charge in [0.05, 0.1) is 30.3 Å². The van der Waals surface area contributed by atoms with Gasteiger partial charge in [0.15, 0.2) is 29.8 Å². The Balaban J connectivity index is 1.84. The molecule has 4 rings (SSSR count). The van der Waals surface area contributed by atoms with E-state index in [0.717, 1.165) is 7.11 Å². The Morgan fingerprint density at radius 1 is 1.26 bits per heavy atom. The number of anilines is 1. The third kappa shape index (κ3) is 4.35. The lowest BCUT2D eigenvalue weighted by molar-refractivity contribution is -0.140. The zero-order valence-electron chi connectivity index (χ0n) is 18.1. The minimum atomic E-state index is -5.12. The highest BCUT2D eigenvalue weighted by Gasteiger charge is 2.39. The van der Waals surface area contributed by atoms with Crippen LogP contribution in [0.5, 0.6) is 5.75 Å². The van der Waals surface area contributed by atoms with Gasteiger partial charge in [-0.15, -0.1) is 0 Å². The largest absolute Gasteiger partial charge is 0.461 e. The molecule has 34 heavy (non-hydrogen) atoms. The van der Waals surface area contributed by atoms with Crippen LogP contribution in [-0.4, -0.2) is 71.2 Å². The highest BCUT2D eigenvalue weighted by Crippen LogP contribution is 2.42. The summed E-state index contributed by atoms with van der Waals surface area (Å²) in [5, 5.41) is 13.6. The summed E-state index contributed by atoms with van der Waals surface area (Å²) >= 11 is 0. The van der Waals surface area contributed by atoms with Crippen LogP contribution in [0, 0.1) is 11.6 Å². The second-order valence-electron chi connectivity index (χ2n) is 7.48. The molecule has 0 unspecified atom stereocenters. The summed E-state index contributed by atoms with van der Waals surface area (Å²) in [6.45, 7) is 0.267. The zero-order valence-corrected chi connectivity index (χ0v) is 18.1. The Kier molecular flexibility index (Phi) is 6.55. The molecule has 1 saturated heterocycles. The normalized spacial score (nSPS) is 16.9. The van der Waals surface area contributed by atoms with E-state index in [1.807, 2.05) is 0 Å². The predicted octanol–water partition coefficient (Wildman–Crippen LogP) is 2.51. The van der Waals surface area contributed by atoms with Gasteiger partial charge in [-0.3, -0.25) is 0 Å². The average Bonchev–Trinajstić information content (AvgIpc) is 3.14. The van der Waals surface area contributed by atoms with Crippen molar-refractivity contribution in [1.29, 1.82) is 0 Å². The van der Waals surface area contributed by atoms with Crippen LogP contribution in [-0.2, 0) is 22.7 Å². The first-order chi connectivity index (χ1) is 16.2. The second-order valence-corrected chi connectivity index (χ2v) is 7.48. The highest BCUT2D eigenvalue weighted by molar-refractivity contribution is 5.91. The van der Waals surface area contributed by atoms with Gasteiger partial charge in [0.2, 0.25) is 5.95 Å². The summed E-state index contributed by atoms with van der Waals surface area (Å²) in [4.78, 5) is 10.4. The standard InChI is InChI=1S/C20H20F5N5O4/c1-29-18-12(6-26-19(27-18)30-3-4-33-10(7-30)8-31)16(28-29)11-5-13(20(23,24)25)15(22)17(14(11)21)34-9-32-2/h5-6,10,31H,3-4,7-9H2,1-2H3/t10-/m1/s1. The predicted molar refractivity (Wildman–Crippen MR) is 108 cm³/mol. The highest BCUT2D eigenvalue weighted by atomic mass is 19.4. The maximum Gasteiger partial charge on any atom is 0.419 e. The number of morpholine rings is 1. The second kappa shape index (κ2) is 9.27. The summed E-state index contributed by atoms with van der Waals surface area (Å²) in [7, 11) is 2.63. The van der Waals surface area contributed by atoms with Gasteiger partial charge in [-0.25, -0.2) is 18.4 Å². The van der Waals surface area contributed by atoms with Gasteiger partial charge in [-0.1, -0.05) is 0 Å². The molecule has 1 atom stereocenters. The van der Waals surface area contributed by atoms with Crippen molar-refractivity contribution in [2.45, 2.75) is 12.3 Å². The van der Waals surface area contributed by atoms with E-state index < -0.39 is 47.6 Å². The van der Waals surface area contributed by atoms with E-state index in [2.05, 4.69) is 19.8 Å². The molecule has 0 aliphatic carbocycles. The van der Waals surface area contributed by atoms with E-state index in [4.69, 9.17) is 9.47 Å². The van der Waals surface area contributed by atoms with E-state index in [1.165, 1.54) is 17.9 Å². The molecule has 1 aromatic carbocycles. The molecule has 184 valence electrons. The number of aliphatic hydroxyl groups is 1. The van der Waals surface area contributed by atoms with Gasteiger partial charge < -0.3 is 24.2 Å². The molecule has 0 bridgehead atoms. The van der Waals surface area contributed by atoms with Crippen molar-refractivity contribution in [3.05, 3.63) is 29.5 Å². The minimum absolute atomic E-state index is 0.148. The molecule has 9 nitrogen and oxygen atoms in total. The Hall–Kier alpha value is -3.10. The van der Waals surface area contributed by atoms with Crippen molar-refractivity contribution >= 4 is 17.0 Å². The number of aryl methyl sites for hydroxylation is 1. The van der Waals surface area contributed by atoms with Gasteiger partial charge >= 0.3 is 6.18 Å². The van der Waals surface area contributed by atoms with E-state index in [0.29, 0.717) is 25.8 Å². The molecule has 1 N–H and O–H groups in total. The molecule has 14 heteroatoms. The summed E-state index contributed by atoms with van der Waals surface area (Å²) in [5.41, 5.74) is -2.35. The van der Waals surface area contributed by atoms with E-state index in [1.54, 1.807) is 4.90 Å². The first-order valence-corrected chi connectivity index (χ1v) is 10.0. The maximum atomic E-state index is 15.2. The molecular formula is C20H20F5N5O4. The van der Waals surface area contributed by atoms with Crippen molar-refractivity contribution in [2.24, 2.45) is 7.05 Å². The molecule has 0 spiro atoms. The lowest BCUT2D eigenvalue weighted by Crippen LogP contribution is -2.44. The number of aliphatic hydroxyl groups excluding tert-OH is 1. The molecular weight excluding hydrogens is 469 g/mol. The van der Waals surface area contributed by atoms with Crippen LogP contribution in [0.25, 0.3) is 22.3 Å². The van der Waals surface area contributed by atoms with Crippen LogP contribution in [0.4, 0.5) is 27.9 Å². The van der Waals surface area contributed by atoms with E-state index >= 15 is 4.39 Å². The number of nitrogens with zero attached hydrogens (tertiary/aromatic N) is 5. The number of alkyl halides is 3. The van der Waals surface area contributed by atoms with Crippen LogP contribution in [0.15, 0.2) is 12.3 Å². The van der Waals surface area contributed by atoms with Crippen molar-refractivity contribution in [3.8, 4) is 17.0 Å². The first-order valence-electron chi connectivity index (χ1n) is 10.0. The number of hydrogen-bond donors (Lipinski definition) is 1. The molecule has 0 radical (unpaired) electrons. The molecule has 0 amide bonds. The Bertz CT molecular complexity index is 1200. The number of aromatic nitrogens is 4. The maximum absolute atomic E-state index is 15.2. The van der Waals surface area contributed by atoms with Crippen molar-refractivity contribution in [3.63, 3.8) is 0 Å². The number of benzene rings is 1. The lowest BCUT2D eigenvalue weighted by Gasteiger charge is -2.31. The van der Waals surface area contributed by atoms with Gasteiger partial charge in [0, 0.05) is 39.0 Å². The molecule has 1 aliphatic heterocycles. The number of hydrogen-bond acceptors (Lipinski definition) is 8. The van der Waals surface area contributed by atoms with Gasteiger partial charge in [-0.05, 0) is 6.07 Å². The van der Waals surface area contributed by atoms with Gasteiger partial charge in [0.25, 0.3) is 0 Å². The lowest BCUT2D eigenvalue weighted by atomic mass is 10.0. The first kappa shape index (κ1) is 24.0. The topological polar surface area (TPSA) is 94.8 Å². The number of halogens is 5. The van der Waals surface area contributed by atoms with Crippen LogP contribution >= 0.6 is 0 Å². The third-order valence-corrected chi connectivity index (χ3v) is 5.23. The number of fused-ring (bicyclic) bond motifs is 1. The van der Waals surface area contributed by atoms with Crippen molar-refractivity contribution < 1.29 is 41.3 Å². The fourth-order valence-corrected chi connectivity index (χ4v) is 3.63. The Morgan fingerprint density at radius 2 is 2.03 bits per heavy atom. The summed E-state index contributed by atoms with van der Waals surface area (Å²) in [5.74, 6) is -4.21. The van der Waals surface area contributed by atoms with Crippen molar-refractivity contribution in [2.75, 3.05) is 45.1 Å². The van der Waals surface area contributed by atoms with E-state index in [-0.39, 0.29) is 29.3 Å². The minimum Gasteiger partial charge on any atom is -0.461 e. The average molecular weight is 489 g/mol. The number of ether oxygens (including phenoxy) is 3. The Morgan fingerprint density at radius 3 is 2.71 bits per heavy atom. The van der Waals surface area contributed by atoms with Crippen LogP contribution < -0.4 is 9.64 Å². The quantitative estimate of drug-likeness (QED) is 0.417. The molecule has 2 aromatic heterocycles. The summed E-state index contributed by atoms with van der Waals surface area (Å²) in [6.07, 6.45) is -4.24. The number of methoxy groups -OCH3 is 1. The van der Waals surface area contributed by atoms with Gasteiger partial charge in [0.1, 0.15) is 5.69 Å². The van der Waals surface area contributed by atoms with E-state index in [9.17, 15) is 22.7 Å². The smallest absolute Gasteiger partial charge is 0.419 e. The molecule has 1 aliphatic rings. The van der Waals surface area contributed by atoms with Crippen LogP contribution in [0.3, 0.4) is 0 Å². The number of rotatable bonds is 6. The fourth-order valence-electron chi connectivity index (χ4n) is 3.63. The third-order valence-electron chi connectivity index (χ3n) is 5.23. The monoisotopic (exact) mass is 489 g/mol. The molecule has 3 aromatic rings. The van der Waals surface area contributed by atoms with Crippen LogP contribution in [0.2, 0.25) is 0 Å². The van der Waals surface area contributed by atoms with Gasteiger partial charge in [-0.2, -0.15) is 23.3 Å². The Labute approximate surface area is 189 Å². The van der Waals surface area contributed by atoms with Crippen molar-refractivity contribution in [1.82, 2.24) is 19.7 Å². The zero-order chi connectivity index (χ0) is 24.6. The molecule has 0 saturated carbocycles. The van der Waals surface area contributed by atoms with Crippen LogP contribution in [0.1, 0.15) is 5.56 Å². The molecule has 1 fully saturated rings. The molecule has 3 heterocycles. The summed E-state index contributed by atoms with van der Waals surface area (Å²) < 4.78 is 86.1. The summed E-state index contributed by atoms with van der Waals surface area (Å²) in [6, 6.07) is 0.341. The fraction of sp³-hybridized carbons (Fsp3) is 0.450. The SMILES string of the molecule is COCOc1c(F)c(-c2nn(C)c3nc(N4CCO[C@@H](CO)C4)ncc23)cc(C(F)(F)F)c1F.